The molecule has 0 saturated carbocycles. The largest absolute Gasteiger partial charge is 0.478 e. The molecule has 0 bridgehead atoms. The van der Waals surface area contributed by atoms with Crippen LogP contribution in [0.5, 0.6) is 5.75 Å². The highest BCUT2D eigenvalue weighted by Crippen LogP contribution is 2.36. The summed E-state index contributed by atoms with van der Waals surface area (Å²) >= 11 is 0. The van der Waals surface area contributed by atoms with Gasteiger partial charge in [-0.15, -0.1) is 0 Å². The van der Waals surface area contributed by atoms with E-state index in [9.17, 15) is 4.79 Å². The van der Waals surface area contributed by atoms with Gasteiger partial charge in [0, 0.05) is 12.6 Å². The van der Waals surface area contributed by atoms with Gasteiger partial charge < -0.3 is 15.4 Å². The number of carbonyl (C=O) groups is 1. The summed E-state index contributed by atoms with van der Waals surface area (Å²) in [6.07, 6.45) is 0.309. The number of fused-ring (bicyclic) bond motifs is 1. The molecule has 1 aliphatic heterocycles. The molecule has 0 fully saturated rings. The number of ether oxygens (including phenoxy) is 1. The average molecular weight is 248 g/mol. The summed E-state index contributed by atoms with van der Waals surface area (Å²) < 4.78 is 5.74. The van der Waals surface area contributed by atoms with Crippen molar-refractivity contribution < 1.29 is 9.53 Å². The van der Waals surface area contributed by atoms with Gasteiger partial charge in [0.2, 0.25) is 0 Å². The minimum Gasteiger partial charge on any atom is -0.478 e. The lowest BCUT2D eigenvalue weighted by molar-refractivity contribution is -0.126. The molecular weight excluding hydrogens is 228 g/mol. The number of nitrogens with zero attached hydrogens (tertiary/aromatic N) is 1. The number of benzene rings is 1. The van der Waals surface area contributed by atoms with E-state index in [1.165, 1.54) is 0 Å². The highest BCUT2D eigenvalue weighted by atomic mass is 16.5. The van der Waals surface area contributed by atoms with Gasteiger partial charge in [0.1, 0.15) is 5.75 Å². The zero-order valence-electron chi connectivity index (χ0n) is 11.1. The Bertz CT molecular complexity index is 457. The first kappa shape index (κ1) is 12.9. The van der Waals surface area contributed by atoms with Crippen molar-refractivity contribution >= 4 is 11.6 Å². The number of rotatable bonds is 3. The predicted octanol–water partition coefficient (Wildman–Crippen LogP) is 2.06. The van der Waals surface area contributed by atoms with Gasteiger partial charge in [-0.25, -0.2) is 0 Å². The molecule has 1 heterocycles. The first-order valence-electron chi connectivity index (χ1n) is 6.41. The fraction of sp³-hybridized carbons (Fsp3) is 0.500. The highest BCUT2D eigenvalue weighted by molar-refractivity contribution is 6.00. The Kier molecular flexibility index (Phi) is 3.57. The summed E-state index contributed by atoms with van der Waals surface area (Å²) in [7, 11) is 0. The lowest BCUT2D eigenvalue weighted by Gasteiger charge is -2.36. The molecule has 98 valence electrons. The maximum atomic E-state index is 12.3. The van der Waals surface area contributed by atoms with Crippen LogP contribution < -0.4 is 15.4 Å². The van der Waals surface area contributed by atoms with Crippen molar-refractivity contribution in [1.82, 2.24) is 0 Å². The summed E-state index contributed by atoms with van der Waals surface area (Å²) in [5.74, 6) is 0.807. The molecule has 2 N–H and O–H groups in total. The first-order chi connectivity index (χ1) is 8.58. The number of nitrogens with two attached hydrogens (primary N) is 1. The van der Waals surface area contributed by atoms with E-state index in [1.54, 1.807) is 0 Å². The quantitative estimate of drug-likeness (QED) is 0.890. The Morgan fingerprint density at radius 3 is 2.72 bits per heavy atom. The number of amides is 1. The topological polar surface area (TPSA) is 55.6 Å². The molecule has 0 radical (unpaired) electrons. The standard InChI is InChI=1S/C14H20N2O2/c1-4-12-14(17)16(9(2)3)11-7-10(8-15)5-6-13(11)18-12/h5-7,9,12H,4,8,15H2,1-3H3. The molecule has 0 saturated heterocycles. The molecule has 1 aromatic carbocycles. The fourth-order valence-corrected chi connectivity index (χ4v) is 2.25. The molecule has 2 rings (SSSR count). The first-order valence-corrected chi connectivity index (χ1v) is 6.41. The molecule has 1 atom stereocenters. The molecule has 18 heavy (non-hydrogen) atoms. The normalized spacial score (nSPS) is 18.8. The molecule has 1 unspecified atom stereocenters. The van der Waals surface area contributed by atoms with E-state index in [1.807, 2.05) is 43.9 Å². The Balaban J connectivity index is 2.49. The van der Waals surface area contributed by atoms with Crippen molar-refractivity contribution in [3.8, 4) is 5.75 Å². The maximum Gasteiger partial charge on any atom is 0.268 e. The molecule has 0 spiro atoms. The van der Waals surface area contributed by atoms with Crippen molar-refractivity contribution in [2.45, 2.75) is 45.9 Å². The van der Waals surface area contributed by atoms with Crippen LogP contribution in [0.2, 0.25) is 0 Å². The second kappa shape index (κ2) is 4.98. The Morgan fingerprint density at radius 2 is 2.17 bits per heavy atom. The van der Waals surface area contributed by atoms with Crippen molar-refractivity contribution in [1.29, 1.82) is 0 Å². The van der Waals surface area contributed by atoms with Gasteiger partial charge in [-0.2, -0.15) is 0 Å². The van der Waals surface area contributed by atoms with Crippen molar-refractivity contribution in [2.24, 2.45) is 5.73 Å². The van der Waals surface area contributed by atoms with Crippen LogP contribution in [0, 0.1) is 0 Å². The summed E-state index contributed by atoms with van der Waals surface area (Å²) in [5.41, 5.74) is 7.49. The van der Waals surface area contributed by atoms with Crippen LogP contribution in [0.15, 0.2) is 18.2 Å². The van der Waals surface area contributed by atoms with Gasteiger partial charge in [-0.1, -0.05) is 13.0 Å². The van der Waals surface area contributed by atoms with Gasteiger partial charge in [-0.3, -0.25) is 4.79 Å². The molecule has 4 nitrogen and oxygen atoms in total. The highest BCUT2D eigenvalue weighted by Gasteiger charge is 2.34. The second-order valence-electron chi connectivity index (χ2n) is 4.82. The van der Waals surface area contributed by atoms with Gasteiger partial charge in [-0.05, 0) is 38.0 Å². The molecule has 0 aliphatic carbocycles. The van der Waals surface area contributed by atoms with Crippen molar-refractivity contribution in [3.63, 3.8) is 0 Å². The number of anilines is 1. The molecule has 1 aromatic rings. The van der Waals surface area contributed by atoms with E-state index in [-0.39, 0.29) is 18.1 Å². The van der Waals surface area contributed by atoms with Crippen molar-refractivity contribution in [3.05, 3.63) is 23.8 Å². The third kappa shape index (κ3) is 2.08. The summed E-state index contributed by atoms with van der Waals surface area (Å²) in [4.78, 5) is 14.1. The third-order valence-electron chi connectivity index (χ3n) is 3.19. The predicted molar refractivity (Wildman–Crippen MR) is 71.7 cm³/mol. The number of carbonyl (C=O) groups excluding carboxylic acids is 1. The Hall–Kier alpha value is -1.55. The molecular formula is C14H20N2O2. The van der Waals surface area contributed by atoms with Gasteiger partial charge in [0.25, 0.3) is 5.91 Å². The minimum atomic E-state index is -0.372. The van der Waals surface area contributed by atoms with Crippen LogP contribution in [0.3, 0.4) is 0 Å². The SMILES string of the molecule is CCC1Oc2ccc(CN)cc2N(C(C)C)C1=O. The van der Waals surface area contributed by atoms with Crippen LogP contribution in [-0.4, -0.2) is 18.1 Å². The minimum absolute atomic E-state index is 0.0363. The van der Waals surface area contributed by atoms with Gasteiger partial charge in [0.15, 0.2) is 6.10 Å². The lowest BCUT2D eigenvalue weighted by atomic mass is 10.1. The van der Waals surface area contributed by atoms with E-state index < -0.39 is 0 Å². The average Bonchev–Trinajstić information content (AvgIpc) is 2.36. The van der Waals surface area contributed by atoms with E-state index in [0.717, 1.165) is 17.0 Å². The Labute approximate surface area is 108 Å². The summed E-state index contributed by atoms with van der Waals surface area (Å²) in [5, 5.41) is 0. The van der Waals surface area contributed by atoms with E-state index in [2.05, 4.69) is 0 Å². The fourth-order valence-electron chi connectivity index (χ4n) is 2.25. The third-order valence-corrected chi connectivity index (χ3v) is 3.19. The lowest BCUT2D eigenvalue weighted by Crippen LogP contribution is -2.48. The van der Waals surface area contributed by atoms with Crippen LogP contribution in [-0.2, 0) is 11.3 Å². The van der Waals surface area contributed by atoms with Gasteiger partial charge in [0.05, 0.1) is 5.69 Å². The van der Waals surface area contributed by atoms with Crippen LogP contribution in [0.4, 0.5) is 5.69 Å². The smallest absolute Gasteiger partial charge is 0.268 e. The summed E-state index contributed by atoms with van der Waals surface area (Å²) in [6, 6.07) is 5.91. The second-order valence-corrected chi connectivity index (χ2v) is 4.82. The van der Waals surface area contributed by atoms with Gasteiger partial charge >= 0.3 is 0 Å². The van der Waals surface area contributed by atoms with E-state index in [4.69, 9.17) is 10.5 Å². The molecule has 4 heteroatoms. The van der Waals surface area contributed by atoms with Crippen LogP contribution in [0.25, 0.3) is 0 Å². The zero-order chi connectivity index (χ0) is 13.3. The van der Waals surface area contributed by atoms with E-state index in [0.29, 0.717) is 13.0 Å². The van der Waals surface area contributed by atoms with Crippen molar-refractivity contribution in [2.75, 3.05) is 4.90 Å². The Morgan fingerprint density at radius 1 is 1.44 bits per heavy atom. The molecule has 1 aliphatic rings. The zero-order valence-corrected chi connectivity index (χ0v) is 11.1. The molecule has 1 amide bonds. The van der Waals surface area contributed by atoms with Crippen LogP contribution >= 0.6 is 0 Å². The number of hydrogen-bond acceptors (Lipinski definition) is 3. The molecule has 0 aromatic heterocycles. The van der Waals surface area contributed by atoms with Crippen LogP contribution in [0.1, 0.15) is 32.8 Å². The summed E-state index contributed by atoms with van der Waals surface area (Å²) in [6.45, 7) is 6.44. The van der Waals surface area contributed by atoms with E-state index >= 15 is 0 Å². The number of hydrogen-bond donors (Lipinski definition) is 1. The monoisotopic (exact) mass is 248 g/mol. The maximum absolute atomic E-state index is 12.3.